The van der Waals surface area contributed by atoms with E-state index >= 15 is 0 Å². The molecule has 2 aromatic rings. The number of hydrogen-bond donors (Lipinski definition) is 2. The molecule has 1 aromatic carbocycles. The highest BCUT2D eigenvalue weighted by molar-refractivity contribution is 5.48. The highest BCUT2D eigenvalue weighted by Crippen LogP contribution is 2.00. The lowest BCUT2D eigenvalue weighted by Gasteiger charge is -2.01. The van der Waals surface area contributed by atoms with Gasteiger partial charge in [-0.05, 0) is 16.0 Å². The maximum absolute atomic E-state index is 5.47. The lowest BCUT2D eigenvalue weighted by molar-refractivity contribution is 0.714. The van der Waals surface area contributed by atoms with E-state index in [1.165, 1.54) is 4.79 Å². The van der Waals surface area contributed by atoms with Crippen molar-refractivity contribution in [2.75, 3.05) is 17.7 Å². The Kier molecular flexibility index (Phi) is 3.12. The molecule has 3 N–H and O–H groups in total. The van der Waals surface area contributed by atoms with E-state index < -0.39 is 0 Å². The number of nitrogen functional groups attached to an aromatic ring is 1. The van der Waals surface area contributed by atoms with E-state index in [0.29, 0.717) is 6.54 Å². The summed E-state index contributed by atoms with van der Waals surface area (Å²) in [4.78, 5) is 1.33. The quantitative estimate of drug-likeness (QED) is 0.778. The standard InChI is InChI=1S/C10H12N6/c11-10-13-14-15-16(10)12-8-4-7-9-5-2-1-3-6-9/h1-7,12H,8H2,(H2,11,13,15)/b7-4-. The molecule has 0 spiro atoms. The number of tetrazole rings is 1. The molecule has 1 heterocycles. The Labute approximate surface area is 92.7 Å². The minimum absolute atomic E-state index is 0.244. The zero-order valence-electron chi connectivity index (χ0n) is 8.61. The third-order valence-corrected chi connectivity index (χ3v) is 1.96. The first-order valence-corrected chi connectivity index (χ1v) is 4.85. The Morgan fingerprint density at radius 1 is 1.31 bits per heavy atom. The Morgan fingerprint density at radius 2 is 2.12 bits per heavy atom. The van der Waals surface area contributed by atoms with Gasteiger partial charge in [-0.25, -0.2) is 0 Å². The maximum Gasteiger partial charge on any atom is 0.260 e. The smallest absolute Gasteiger partial charge is 0.260 e. The second kappa shape index (κ2) is 4.92. The van der Waals surface area contributed by atoms with Crippen LogP contribution in [0.5, 0.6) is 0 Å². The summed E-state index contributed by atoms with van der Waals surface area (Å²) in [6, 6.07) is 10.0. The maximum atomic E-state index is 5.47. The van der Waals surface area contributed by atoms with Crippen molar-refractivity contribution in [3.8, 4) is 0 Å². The van der Waals surface area contributed by atoms with Gasteiger partial charge >= 0.3 is 0 Å². The fraction of sp³-hybridized carbons (Fsp3) is 0.100. The summed E-state index contributed by atoms with van der Waals surface area (Å²) >= 11 is 0. The minimum Gasteiger partial charge on any atom is -0.365 e. The van der Waals surface area contributed by atoms with Gasteiger partial charge in [-0.2, -0.15) is 0 Å². The first-order chi connectivity index (χ1) is 7.86. The fourth-order valence-corrected chi connectivity index (χ4v) is 1.20. The lowest BCUT2D eigenvalue weighted by atomic mass is 10.2. The van der Waals surface area contributed by atoms with Crippen molar-refractivity contribution >= 4 is 12.0 Å². The molecule has 16 heavy (non-hydrogen) atoms. The molecular formula is C10H12N6. The molecule has 0 radical (unpaired) electrons. The van der Waals surface area contributed by atoms with E-state index in [1.54, 1.807) is 0 Å². The van der Waals surface area contributed by atoms with Crippen molar-refractivity contribution in [3.05, 3.63) is 42.0 Å². The van der Waals surface area contributed by atoms with Crippen LogP contribution in [0.4, 0.5) is 5.95 Å². The first-order valence-electron chi connectivity index (χ1n) is 4.85. The Balaban J connectivity index is 1.85. The van der Waals surface area contributed by atoms with Gasteiger partial charge in [0.25, 0.3) is 5.95 Å². The van der Waals surface area contributed by atoms with E-state index in [9.17, 15) is 0 Å². The fourth-order valence-electron chi connectivity index (χ4n) is 1.20. The molecule has 6 nitrogen and oxygen atoms in total. The van der Waals surface area contributed by atoms with E-state index in [-0.39, 0.29) is 5.95 Å². The van der Waals surface area contributed by atoms with Gasteiger partial charge in [0.15, 0.2) is 0 Å². The van der Waals surface area contributed by atoms with Gasteiger partial charge in [-0.1, -0.05) is 47.6 Å². The van der Waals surface area contributed by atoms with E-state index in [1.807, 2.05) is 42.5 Å². The molecule has 0 aliphatic heterocycles. The van der Waals surface area contributed by atoms with E-state index in [2.05, 4.69) is 21.0 Å². The van der Waals surface area contributed by atoms with Gasteiger partial charge in [0.1, 0.15) is 0 Å². The van der Waals surface area contributed by atoms with Crippen LogP contribution >= 0.6 is 0 Å². The van der Waals surface area contributed by atoms with Crippen LogP contribution in [-0.4, -0.2) is 26.9 Å². The van der Waals surface area contributed by atoms with Crippen molar-refractivity contribution in [1.29, 1.82) is 0 Å². The van der Waals surface area contributed by atoms with Crippen molar-refractivity contribution in [3.63, 3.8) is 0 Å². The topological polar surface area (TPSA) is 81.7 Å². The van der Waals surface area contributed by atoms with Crippen LogP contribution in [0, 0.1) is 0 Å². The minimum atomic E-state index is 0.244. The van der Waals surface area contributed by atoms with Gasteiger partial charge < -0.3 is 11.2 Å². The molecule has 0 aliphatic carbocycles. The lowest BCUT2D eigenvalue weighted by Crippen LogP contribution is -2.18. The molecule has 0 amide bonds. The largest absolute Gasteiger partial charge is 0.365 e. The molecule has 0 bridgehead atoms. The Hall–Kier alpha value is -2.37. The summed E-state index contributed by atoms with van der Waals surface area (Å²) in [6.07, 6.45) is 3.98. The Bertz CT molecular complexity index is 461. The van der Waals surface area contributed by atoms with Gasteiger partial charge in [-0.3, -0.25) is 0 Å². The molecule has 0 saturated carbocycles. The predicted molar refractivity (Wildman–Crippen MR) is 61.9 cm³/mol. The number of hydrogen-bond acceptors (Lipinski definition) is 5. The number of anilines is 1. The highest BCUT2D eigenvalue weighted by atomic mass is 15.7. The van der Waals surface area contributed by atoms with Gasteiger partial charge in [0.05, 0.1) is 6.54 Å². The molecular weight excluding hydrogens is 204 g/mol. The normalized spacial score (nSPS) is 10.8. The van der Waals surface area contributed by atoms with Crippen molar-refractivity contribution in [2.24, 2.45) is 0 Å². The monoisotopic (exact) mass is 216 g/mol. The zero-order valence-corrected chi connectivity index (χ0v) is 8.61. The predicted octanol–water partition coefficient (Wildman–Crippen LogP) is 0.512. The molecule has 82 valence electrons. The molecule has 1 aromatic heterocycles. The molecule has 6 heteroatoms. The van der Waals surface area contributed by atoms with Crippen LogP contribution in [-0.2, 0) is 0 Å². The highest BCUT2D eigenvalue weighted by Gasteiger charge is 1.96. The van der Waals surface area contributed by atoms with Crippen LogP contribution in [0.25, 0.3) is 6.08 Å². The van der Waals surface area contributed by atoms with Gasteiger partial charge in [0, 0.05) is 0 Å². The van der Waals surface area contributed by atoms with Crippen LogP contribution < -0.4 is 11.2 Å². The van der Waals surface area contributed by atoms with E-state index in [4.69, 9.17) is 5.73 Å². The van der Waals surface area contributed by atoms with E-state index in [0.717, 1.165) is 5.56 Å². The summed E-state index contributed by atoms with van der Waals surface area (Å²) in [6.45, 7) is 0.601. The number of benzene rings is 1. The van der Waals surface area contributed by atoms with Crippen molar-refractivity contribution in [1.82, 2.24) is 20.3 Å². The third-order valence-electron chi connectivity index (χ3n) is 1.96. The summed E-state index contributed by atoms with van der Waals surface area (Å²) < 4.78 is 0. The van der Waals surface area contributed by atoms with Gasteiger partial charge in [0.2, 0.25) is 0 Å². The second-order valence-corrected chi connectivity index (χ2v) is 3.12. The zero-order chi connectivity index (χ0) is 11.2. The SMILES string of the molecule is Nc1nnnn1NC/C=C\c1ccccc1. The molecule has 0 unspecified atom stereocenters. The number of nitrogens with one attached hydrogen (secondary N) is 1. The average Bonchev–Trinajstić information content (AvgIpc) is 2.72. The van der Waals surface area contributed by atoms with Crippen molar-refractivity contribution in [2.45, 2.75) is 0 Å². The Morgan fingerprint density at radius 3 is 2.81 bits per heavy atom. The number of nitrogens with zero attached hydrogens (tertiary/aromatic N) is 4. The number of aromatic nitrogens is 4. The number of nitrogens with two attached hydrogens (primary N) is 1. The summed E-state index contributed by atoms with van der Waals surface area (Å²) in [7, 11) is 0. The van der Waals surface area contributed by atoms with Crippen LogP contribution in [0.1, 0.15) is 5.56 Å². The van der Waals surface area contributed by atoms with Crippen LogP contribution in [0.2, 0.25) is 0 Å². The first kappa shape index (κ1) is 10.2. The molecule has 0 aliphatic rings. The molecule has 0 fully saturated rings. The van der Waals surface area contributed by atoms with Crippen LogP contribution in [0.3, 0.4) is 0 Å². The van der Waals surface area contributed by atoms with Gasteiger partial charge in [-0.15, -0.1) is 4.79 Å². The molecule has 0 saturated heterocycles. The average molecular weight is 216 g/mol. The van der Waals surface area contributed by atoms with Crippen LogP contribution in [0.15, 0.2) is 36.4 Å². The third kappa shape index (κ3) is 2.57. The summed E-state index contributed by atoms with van der Waals surface area (Å²) in [5.74, 6) is 0.244. The summed E-state index contributed by atoms with van der Waals surface area (Å²) in [5, 5.41) is 10.6. The van der Waals surface area contributed by atoms with Crippen molar-refractivity contribution < 1.29 is 0 Å². The summed E-state index contributed by atoms with van der Waals surface area (Å²) in [5.41, 5.74) is 9.55. The molecule has 0 atom stereocenters. The molecule has 2 rings (SSSR count). The number of rotatable bonds is 4. The second-order valence-electron chi connectivity index (χ2n) is 3.12.